The van der Waals surface area contributed by atoms with Crippen LogP contribution in [0.1, 0.15) is 38.0 Å². The summed E-state index contributed by atoms with van der Waals surface area (Å²) in [6.07, 6.45) is 3.42. The van der Waals surface area contributed by atoms with Gasteiger partial charge < -0.3 is 19.7 Å². The molecule has 1 heterocycles. The van der Waals surface area contributed by atoms with Gasteiger partial charge in [0, 0.05) is 12.6 Å². The van der Waals surface area contributed by atoms with Gasteiger partial charge in [-0.05, 0) is 31.9 Å². The van der Waals surface area contributed by atoms with Crippen LogP contribution >= 0.6 is 0 Å². The summed E-state index contributed by atoms with van der Waals surface area (Å²) in [4.78, 5) is 24.3. The average Bonchev–Trinajstić information content (AvgIpc) is 3.03. The first-order valence-electron chi connectivity index (χ1n) is 6.40. The molecule has 2 amide bonds. The van der Waals surface area contributed by atoms with Crippen molar-refractivity contribution in [2.75, 3.05) is 6.54 Å². The van der Waals surface area contributed by atoms with E-state index in [1.807, 2.05) is 6.92 Å². The Morgan fingerprint density at radius 2 is 2.32 bits per heavy atom. The van der Waals surface area contributed by atoms with Gasteiger partial charge in [-0.15, -0.1) is 0 Å². The van der Waals surface area contributed by atoms with Gasteiger partial charge >= 0.3 is 12.0 Å². The third-order valence-electron chi connectivity index (χ3n) is 3.13. The Kier molecular flexibility index (Phi) is 4.09. The predicted molar refractivity (Wildman–Crippen MR) is 67.6 cm³/mol. The van der Waals surface area contributed by atoms with Crippen molar-refractivity contribution in [2.45, 2.75) is 38.3 Å². The van der Waals surface area contributed by atoms with Crippen molar-refractivity contribution in [3.05, 3.63) is 24.2 Å². The lowest BCUT2D eigenvalue weighted by Crippen LogP contribution is -2.43. The molecule has 1 fully saturated rings. The quantitative estimate of drug-likeness (QED) is 0.824. The number of aliphatic carboxylic acids is 1. The second kappa shape index (κ2) is 5.77. The van der Waals surface area contributed by atoms with E-state index < -0.39 is 5.97 Å². The van der Waals surface area contributed by atoms with E-state index in [1.54, 1.807) is 23.3 Å². The van der Waals surface area contributed by atoms with Crippen molar-refractivity contribution >= 4 is 12.0 Å². The Morgan fingerprint density at radius 3 is 2.84 bits per heavy atom. The van der Waals surface area contributed by atoms with E-state index in [9.17, 15) is 9.59 Å². The lowest BCUT2D eigenvalue weighted by atomic mass is 10.2. The van der Waals surface area contributed by atoms with Crippen molar-refractivity contribution in [1.82, 2.24) is 10.2 Å². The number of rotatable bonds is 6. The molecule has 0 aromatic carbocycles. The molecule has 1 aromatic rings. The van der Waals surface area contributed by atoms with Crippen molar-refractivity contribution in [3.8, 4) is 0 Å². The third kappa shape index (κ3) is 3.74. The van der Waals surface area contributed by atoms with Gasteiger partial charge in [0.2, 0.25) is 0 Å². The molecule has 0 spiro atoms. The monoisotopic (exact) mass is 266 g/mol. The summed E-state index contributed by atoms with van der Waals surface area (Å²) in [5.74, 6) is -0.208. The first kappa shape index (κ1) is 13.5. The first-order valence-corrected chi connectivity index (χ1v) is 6.40. The lowest BCUT2D eigenvalue weighted by Gasteiger charge is -2.24. The topological polar surface area (TPSA) is 82.8 Å². The molecular formula is C13H18N2O4. The van der Waals surface area contributed by atoms with Crippen molar-refractivity contribution in [1.29, 1.82) is 0 Å². The molecule has 2 N–H and O–H groups in total. The van der Waals surface area contributed by atoms with E-state index in [0.29, 0.717) is 5.76 Å². The number of carbonyl (C=O) groups is 2. The number of carboxylic acid groups (broad SMARTS) is 1. The molecule has 1 saturated carbocycles. The number of amides is 2. The molecule has 6 nitrogen and oxygen atoms in total. The summed E-state index contributed by atoms with van der Waals surface area (Å²) < 4.78 is 5.22. The maximum absolute atomic E-state index is 12.1. The molecule has 1 unspecified atom stereocenters. The number of furan rings is 1. The molecule has 6 heteroatoms. The first-order chi connectivity index (χ1) is 9.08. The maximum atomic E-state index is 12.1. The minimum atomic E-state index is -0.891. The fourth-order valence-corrected chi connectivity index (χ4v) is 1.93. The Labute approximate surface area is 111 Å². The highest BCUT2D eigenvalue weighted by Crippen LogP contribution is 2.27. The number of urea groups is 1. The molecule has 0 saturated heterocycles. The summed E-state index contributed by atoms with van der Waals surface area (Å²) in [6, 6.07) is 3.29. The zero-order valence-corrected chi connectivity index (χ0v) is 10.8. The number of nitrogens with zero attached hydrogens (tertiary/aromatic N) is 1. The Balaban J connectivity index is 1.90. The fraction of sp³-hybridized carbons (Fsp3) is 0.538. The molecule has 0 aliphatic heterocycles. The van der Waals surface area contributed by atoms with E-state index in [2.05, 4.69) is 5.32 Å². The van der Waals surface area contributed by atoms with E-state index in [-0.39, 0.29) is 31.1 Å². The number of carboxylic acids is 1. The smallest absolute Gasteiger partial charge is 0.318 e. The van der Waals surface area contributed by atoms with Crippen molar-refractivity contribution < 1.29 is 19.1 Å². The molecule has 2 rings (SSSR count). The second-order valence-electron chi connectivity index (χ2n) is 4.75. The minimum Gasteiger partial charge on any atom is -0.481 e. The van der Waals surface area contributed by atoms with Crippen LogP contribution in [0.4, 0.5) is 4.79 Å². The Bertz CT molecular complexity index is 440. The van der Waals surface area contributed by atoms with Crippen LogP contribution in [-0.2, 0) is 4.79 Å². The number of carbonyl (C=O) groups excluding carboxylic acids is 1. The number of nitrogens with one attached hydrogen (secondary N) is 1. The van der Waals surface area contributed by atoms with Gasteiger partial charge in [0.15, 0.2) is 0 Å². The van der Waals surface area contributed by atoms with Crippen molar-refractivity contribution in [2.24, 2.45) is 0 Å². The van der Waals surface area contributed by atoms with Gasteiger partial charge in [-0.2, -0.15) is 0 Å². The average molecular weight is 266 g/mol. The molecule has 19 heavy (non-hydrogen) atoms. The molecule has 1 atom stereocenters. The molecule has 0 bridgehead atoms. The van der Waals surface area contributed by atoms with Crippen LogP contribution in [0.3, 0.4) is 0 Å². The van der Waals surface area contributed by atoms with Gasteiger partial charge in [-0.3, -0.25) is 4.79 Å². The summed E-state index contributed by atoms with van der Waals surface area (Å²) in [7, 11) is 0. The van der Waals surface area contributed by atoms with E-state index in [4.69, 9.17) is 9.52 Å². The SMILES string of the molecule is CC(NC(=O)N(CCC(=O)O)C1CC1)c1ccco1. The van der Waals surface area contributed by atoms with E-state index in [0.717, 1.165) is 12.8 Å². The fourth-order valence-electron chi connectivity index (χ4n) is 1.93. The number of hydrogen-bond donors (Lipinski definition) is 2. The molecule has 104 valence electrons. The Hall–Kier alpha value is -1.98. The van der Waals surface area contributed by atoms with Crippen LogP contribution < -0.4 is 5.32 Å². The second-order valence-corrected chi connectivity index (χ2v) is 4.75. The highest BCUT2D eigenvalue weighted by atomic mass is 16.4. The summed E-state index contributed by atoms with van der Waals surface area (Å²) in [5.41, 5.74) is 0. The van der Waals surface area contributed by atoms with Gasteiger partial charge in [0.25, 0.3) is 0 Å². The highest BCUT2D eigenvalue weighted by Gasteiger charge is 2.33. The summed E-state index contributed by atoms with van der Waals surface area (Å²) in [6.45, 7) is 2.08. The normalized spacial score (nSPS) is 15.8. The molecule has 1 aromatic heterocycles. The Morgan fingerprint density at radius 1 is 1.58 bits per heavy atom. The van der Waals surface area contributed by atoms with Gasteiger partial charge in [0.05, 0.1) is 18.7 Å². The molecule has 1 aliphatic rings. The molecular weight excluding hydrogens is 248 g/mol. The largest absolute Gasteiger partial charge is 0.481 e. The van der Waals surface area contributed by atoms with Crippen LogP contribution in [0.25, 0.3) is 0 Å². The van der Waals surface area contributed by atoms with Gasteiger partial charge in [-0.1, -0.05) is 0 Å². The number of hydrogen-bond acceptors (Lipinski definition) is 3. The van der Waals surface area contributed by atoms with Crippen LogP contribution in [-0.4, -0.2) is 34.6 Å². The standard InChI is InChI=1S/C13H18N2O4/c1-9(11-3-2-8-19-11)14-13(18)15(10-4-5-10)7-6-12(16)17/h2-3,8-10H,4-7H2,1H3,(H,14,18)(H,16,17). The molecule has 0 radical (unpaired) electrons. The zero-order chi connectivity index (χ0) is 13.8. The maximum Gasteiger partial charge on any atom is 0.318 e. The van der Waals surface area contributed by atoms with E-state index in [1.165, 1.54) is 0 Å². The summed E-state index contributed by atoms with van der Waals surface area (Å²) >= 11 is 0. The van der Waals surface area contributed by atoms with Gasteiger partial charge in [-0.25, -0.2) is 4.79 Å². The van der Waals surface area contributed by atoms with Crippen LogP contribution in [0.15, 0.2) is 22.8 Å². The van der Waals surface area contributed by atoms with Crippen LogP contribution in [0, 0.1) is 0 Å². The zero-order valence-electron chi connectivity index (χ0n) is 10.8. The van der Waals surface area contributed by atoms with E-state index >= 15 is 0 Å². The van der Waals surface area contributed by atoms with Crippen LogP contribution in [0.5, 0.6) is 0 Å². The highest BCUT2D eigenvalue weighted by molar-refractivity contribution is 5.76. The van der Waals surface area contributed by atoms with Crippen LogP contribution in [0.2, 0.25) is 0 Å². The summed E-state index contributed by atoms with van der Waals surface area (Å²) in [5, 5.41) is 11.5. The third-order valence-corrected chi connectivity index (χ3v) is 3.13. The molecule has 1 aliphatic carbocycles. The minimum absolute atomic E-state index is 0.0287. The lowest BCUT2D eigenvalue weighted by molar-refractivity contribution is -0.137. The van der Waals surface area contributed by atoms with Gasteiger partial charge in [0.1, 0.15) is 5.76 Å². The predicted octanol–water partition coefficient (Wildman–Crippen LogP) is 1.99. The van der Waals surface area contributed by atoms with Crippen molar-refractivity contribution in [3.63, 3.8) is 0 Å².